The molecule has 130 valence electrons. The van der Waals surface area contributed by atoms with E-state index in [-0.39, 0.29) is 28.6 Å². The van der Waals surface area contributed by atoms with Crippen LogP contribution in [0.5, 0.6) is 0 Å². The van der Waals surface area contributed by atoms with E-state index >= 15 is 0 Å². The van der Waals surface area contributed by atoms with Crippen molar-refractivity contribution >= 4 is 12.1 Å². The van der Waals surface area contributed by atoms with Gasteiger partial charge < -0.3 is 5.11 Å². The van der Waals surface area contributed by atoms with Crippen molar-refractivity contribution in [1.29, 1.82) is 0 Å². The standard InChI is InChI=1S/C21H28O3/c1-20-9-7-15(23)11-14(20)3-5-16-17-6-4-13(8-10-22)21(17,2)12-18(24)19(16)20/h8,10-11,16-19,24H,3-7,9,12H2,1-2H3/t16-,17-,18-,19+,20-,21+/m0/s1. The molecule has 4 aliphatic carbocycles. The molecule has 3 heteroatoms. The number of hydrogen-bond donors (Lipinski definition) is 1. The SMILES string of the molecule is C[C@]12CCC(=O)C=C1CC[C@@H]1[C@@H]2[C@@H](O)C[C@]2(C)C(=CC=O)CC[C@@H]12. The molecule has 3 fully saturated rings. The molecule has 0 aliphatic heterocycles. The van der Waals surface area contributed by atoms with Gasteiger partial charge in [-0.15, -0.1) is 0 Å². The van der Waals surface area contributed by atoms with Crippen LogP contribution >= 0.6 is 0 Å². The molecule has 0 aromatic heterocycles. The van der Waals surface area contributed by atoms with Gasteiger partial charge in [0.2, 0.25) is 0 Å². The van der Waals surface area contributed by atoms with Gasteiger partial charge in [-0.2, -0.15) is 0 Å². The van der Waals surface area contributed by atoms with Crippen molar-refractivity contribution in [2.75, 3.05) is 0 Å². The second kappa shape index (κ2) is 5.39. The Balaban J connectivity index is 1.74. The predicted octanol–water partition coefficient (Wildman–Crippen LogP) is 3.61. The fourth-order valence-electron chi connectivity index (χ4n) is 6.89. The Morgan fingerprint density at radius 1 is 1.17 bits per heavy atom. The van der Waals surface area contributed by atoms with E-state index in [1.54, 1.807) is 6.08 Å². The third kappa shape index (κ3) is 2.06. The molecule has 0 heterocycles. The summed E-state index contributed by atoms with van der Waals surface area (Å²) in [5, 5.41) is 11.1. The molecule has 1 N–H and O–H groups in total. The number of carbonyl (C=O) groups excluding carboxylic acids is 2. The lowest BCUT2D eigenvalue weighted by Gasteiger charge is -2.59. The molecule has 3 saturated carbocycles. The molecule has 0 bridgehead atoms. The van der Waals surface area contributed by atoms with Crippen molar-refractivity contribution in [3.05, 3.63) is 23.3 Å². The highest BCUT2D eigenvalue weighted by Crippen LogP contribution is 2.66. The van der Waals surface area contributed by atoms with E-state index in [4.69, 9.17) is 0 Å². The lowest BCUT2D eigenvalue weighted by atomic mass is 9.46. The highest BCUT2D eigenvalue weighted by molar-refractivity contribution is 5.91. The molecule has 4 aliphatic rings. The van der Waals surface area contributed by atoms with Crippen LogP contribution in [0.4, 0.5) is 0 Å². The molecular formula is C21H28O3. The molecule has 0 unspecified atom stereocenters. The molecule has 24 heavy (non-hydrogen) atoms. The first-order valence-electron chi connectivity index (χ1n) is 9.47. The summed E-state index contributed by atoms with van der Waals surface area (Å²) in [7, 11) is 0. The zero-order valence-corrected chi connectivity index (χ0v) is 14.8. The van der Waals surface area contributed by atoms with E-state index in [2.05, 4.69) is 13.8 Å². The summed E-state index contributed by atoms with van der Waals surface area (Å²) in [6.07, 6.45) is 10.7. The summed E-state index contributed by atoms with van der Waals surface area (Å²) >= 11 is 0. The number of aldehydes is 1. The lowest BCUT2D eigenvalue weighted by Crippen LogP contribution is -2.55. The van der Waals surface area contributed by atoms with Crippen LogP contribution in [0.2, 0.25) is 0 Å². The minimum atomic E-state index is -0.341. The molecule has 0 spiro atoms. The largest absolute Gasteiger partial charge is 0.393 e. The summed E-state index contributed by atoms with van der Waals surface area (Å²) in [6.45, 7) is 4.54. The Bertz CT molecular complexity index is 645. The van der Waals surface area contributed by atoms with Gasteiger partial charge in [0.15, 0.2) is 5.78 Å². The Morgan fingerprint density at radius 3 is 2.71 bits per heavy atom. The van der Waals surface area contributed by atoms with Gasteiger partial charge in [0.05, 0.1) is 6.10 Å². The van der Waals surface area contributed by atoms with Crippen molar-refractivity contribution < 1.29 is 14.7 Å². The van der Waals surface area contributed by atoms with Crippen molar-refractivity contribution in [1.82, 2.24) is 0 Å². The number of carbonyl (C=O) groups is 2. The number of hydrogen-bond acceptors (Lipinski definition) is 3. The fourth-order valence-corrected chi connectivity index (χ4v) is 6.89. The second-order valence-corrected chi connectivity index (χ2v) is 8.94. The smallest absolute Gasteiger partial charge is 0.155 e. The van der Waals surface area contributed by atoms with Crippen molar-refractivity contribution in [3.8, 4) is 0 Å². The van der Waals surface area contributed by atoms with Crippen LogP contribution in [0, 0.1) is 28.6 Å². The summed E-state index contributed by atoms with van der Waals surface area (Å²) < 4.78 is 0. The molecule has 0 radical (unpaired) electrons. The van der Waals surface area contributed by atoms with Gasteiger partial charge in [-0.05, 0) is 79.3 Å². The zero-order chi connectivity index (χ0) is 17.1. The Labute approximate surface area is 144 Å². The molecule has 0 amide bonds. The van der Waals surface area contributed by atoms with Crippen molar-refractivity contribution in [2.24, 2.45) is 28.6 Å². The average Bonchev–Trinajstić information content (AvgIpc) is 2.84. The number of ketones is 1. The average molecular weight is 328 g/mol. The molecule has 0 saturated heterocycles. The minimum Gasteiger partial charge on any atom is -0.393 e. The normalized spacial score (nSPS) is 49.2. The summed E-state index contributed by atoms with van der Waals surface area (Å²) in [4.78, 5) is 22.9. The van der Waals surface area contributed by atoms with Crippen molar-refractivity contribution in [3.63, 3.8) is 0 Å². The Kier molecular flexibility index (Phi) is 3.65. The van der Waals surface area contributed by atoms with Crippen LogP contribution in [0.3, 0.4) is 0 Å². The van der Waals surface area contributed by atoms with Gasteiger partial charge >= 0.3 is 0 Å². The molecule has 4 rings (SSSR count). The highest BCUT2D eigenvalue weighted by atomic mass is 16.3. The number of aliphatic hydroxyl groups is 1. The second-order valence-electron chi connectivity index (χ2n) is 8.94. The Hall–Kier alpha value is -1.22. The van der Waals surface area contributed by atoms with Gasteiger partial charge in [-0.1, -0.05) is 25.0 Å². The predicted molar refractivity (Wildman–Crippen MR) is 92.2 cm³/mol. The quantitative estimate of drug-likeness (QED) is 0.591. The summed E-state index contributed by atoms with van der Waals surface area (Å²) in [5.41, 5.74) is 2.48. The number of aliphatic hydroxyl groups excluding tert-OH is 1. The third-order valence-electron chi connectivity index (χ3n) is 8.01. The van der Waals surface area contributed by atoms with E-state index < -0.39 is 0 Å². The molecule has 3 nitrogen and oxygen atoms in total. The van der Waals surface area contributed by atoms with Gasteiger partial charge in [0.25, 0.3) is 0 Å². The molecule has 6 atom stereocenters. The summed E-state index contributed by atoms with van der Waals surface area (Å²) in [6, 6.07) is 0. The zero-order valence-electron chi connectivity index (χ0n) is 14.8. The third-order valence-corrected chi connectivity index (χ3v) is 8.01. The lowest BCUT2D eigenvalue weighted by molar-refractivity contribution is -0.124. The van der Waals surface area contributed by atoms with Gasteiger partial charge in [-0.3, -0.25) is 9.59 Å². The summed E-state index contributed by atoms with van der Waals surface area (Å²) in [5.74, 6) is 1.59. The van der Waals surface area contributed by atoms with E-state index in [1.165, 1.54) is 11.1 Å². The fraction of sp³-hybridized carbons (Fsp3) is 0.714. The van der Waals surface area contributed by atoms with E-state index in [0.29, 0.717) is 18.3 Å². The molecule has 0 aromatic carbocycles. The topological polar surface area (TPSA) is 54.4 Å². The Morgan fingerprint density at radius 2 is 1.96 bits per heavy atom. The van der Waals surface area contributed by atoms with Crippen LogP contribution in [-0.4, -0.2) is 23.3 Å². The van der Waals surface area contributed by atoms with Crippen LogP contribution in [0.1, 0.15) is 58.8 Å². The van der Waals surface area contributed by atoms with Gasteiger partial charge in [0, 0.05) is 6.42 Å². The molecular weight excluding hydrogens is 300 g/mol. The van der Waals surface area contributed by atoms with Crippen LogP contribution < -0.4 is 0 Å². The van der Waals surface area contributed by atoms with Gasteiger partial charge in [-0.25, -0.2) is 0 Å². The maximum atomic E-state index is 11.9. The minimum absolute atomic E-state index is 0.0191. The monoisotopic (exact) mass is 328 g/mol. The first kappa shape index (κ1) is 16.3. The van der Waals surface area contributed by atoms with Crippen LogP contribution in [0.15, 0.2) is 23.3 Å². The first-order chi connectivity index (χ1) is 11.4. The van der Waals surface area contributed by atoms with E-state index in [0.717, 1.165) is 44.8 Å². The van der Waals surface area contributed by atoms with Crippen LogP contribution in [0.25, 0.3) is 0 Å². The highest BCUT2D eigenvalue weighted by Gasteiger charge is 2.60. The van der Waals surface area contributed by atoms with E-state index in [1.807, 2.05) is 6.08 Å². The number of fused-ring (bicyclic) bond motifs is 5. The van der Waals surface area contributed by atoms with Crippen molar-refractivity contribution in [2.45, 2.75) is 64.9 Å². The number of allylic oxidation sites excluding steroid dienone is 3. The molecule has 0 aromatic rings. The van der Waals surface area contributed by atoms with E-state index in [9.17, 15) is 14.7 Å². The van der Waals surface area contributed by atoms with Gasteiger partial charge in [0.1, 0.15) is 6.29 Å². The maximum absolute atomic E-state index is 11.9. The van der Waals surface area contributed by atoms with Crippen LogP contribution in [-0.2, 0) is 9.59 Å². The maximum Gasteiger partial charge on any atom is 0.155 e. The number of rotatable bonds is 1. The first-order valence-corrected chi connectivity index (χ1v) is 9.47.